The normalized spacial score (nSPS) is 22.7. The van der Waals surface area contributed by atoms with Crippen LogP contribution in [0.2, 0.25) is 0 Å². The largest absolute Gasteiger partial charge is 0.383 e. The molecule has 104 valence electrons. The van der Waals surface area contributed by atoms with Crippen LogP contribution in [-0.4, -0.2) is 43.2 Å². The lowest BCUT2D eigenvalue weighted by Crippen LogP contribution is -2.52. The summed E-state index contributed by atoms with van der Waals surface area (Å²) in [7, 11) is 1.65. The number of hydrogen-bond acceptors (Lipinski definition) is 4. The topological polar surface area (TPSA) is 50.9 Å². The van der Waals surface area contributed by atoms with Crippen LogP contribution in [0, 0.1) is 5.82 Å². The molecule has 2 N–H and O–H groups in total. The van der Waals surface area contributed by atoms with E-state index in [0.717, 1.165) is 0 Å². The van der Waals surface area contributed by atoms with E-state index in [2.05, 4.69) is 11.9 Å². The lowest BCUT2D eigenvalue weighted by Gasteiger charge is -2.36. The van der Waals surface area contributed by atoms with Crippen LogP contribution in [0.3, 0.4) is 0 Å². The van der Waals surface area contributed by atoms with Gasteiger partial charge >= 0.3 is 0 Å². The van der Waals surface area contributed by atoms with Gasteiger partial charge in [0, 0.05) is 20.1 Å². The molecule has 1 atom stereocenters. The highest BCUT2D eigenvalue weighted by Gasteiger charge is 2.38. The molecule has 1 aliphatic heterocycles. The fourth-order valence-electron chi connectivity index (χ4n) is 2.47. The third-order valence-electron chi connectivity index (χ3n) is 3.56. The molecule has 19 heavy (non-hydrogen) atoms. The van der Waals surface area contributed by atoms with E-state index in [9.17, 15) is 4.39 Å². The van der Waals surface area contributed by atoms with Crippen molar-refractivity contribution in [2.24, 2.45) is 10.7 Å². The summed E-state index contributed by atoms with van der Waals surface area (Å²) in [5, 5.41) is 0. The molecule has 1 aliphatic rings. The molecule has 0 amide bonds. The molecule has 1 aromatic carbocycles. The van der Waals surface area contributed by atoms with Gasteiger partial charge in [0.2, 0.25) is 0 Å². The maximum atomic E-state index is 13.8. The van der Waals surface area contributed by atoms with Crippen LogP contribution in [0.1, 0.15) is 12.5 Å². The molecule has 0 fully saturated rings. The first-order valence-electron chi connectivity index (χ1n) is 6.37. The molecule has 0 bridgehead atoms. The standard InChI is InChI=1S/C14H20FN3O/c1-14(9-11-5-3-4-6-12(11)15)10-17-13(16)18(14)7-8-19-2/h3-6H,7-10H2,1-2H3,(H2,16,17). The molecular formula is C14H20FN3O. The van der Waals surface area contributed by atoms with Crippen LogP contribution >= 0.6 is 0 Å². The lowest BCUT2D eigenvalue weighted by molar-refractivity contribution is 0.136. The number of guanidine groups is 1. The van der Waals surface area contributed by atoms with Crippen molar-refractivity contribution >= 4 is 5.96 Å². The number of ether oxygens (including phenoxy) is 1. The summed E-state index contributed by atoms with van der Waals surface area (Å²) in [5.74, 6) is 0.330. The Morgan fingerprint density at radius 3 is 2.89 bits per heavy atom. The Labute approximate surface area is 113 Å². The minimum Gasteiger partial charge on any atom is -0.383 e. The minimum atomic E-state index is -0.287. The zero-order valence-corrected chi connectivity index (χ0v) is 11.4. The van der Waals surface area contributed by atoms with E-state index in [4.69, 9.17) is 10.5 Å². The molecule has 2 rings (SSSR count). The molecule has 5 heteroatoms. The first-order valence-corrected chi connectivity index (χ1v) is 6.37. The lowest BCUT2D eigenvalue weighted by atomic mass is 9.91. The summed E-state index contributed by atoms with van der Waals surface area (Å²) in [4.78, 5) is 6.29. The second-order valence-electron chi connectivity index (χ2n) is 5.08. The van der Waals surface area contributed by atoms with Crippen LogP contribution in [0.25, 0.3) is 0 Å². The number of hydrogen-bond donors (Lipinski definition) is 1. The fourth-order valence-corrected chi connectivity index (χ4v) is 2.47. The van der Waals surface area contributed by atoms with E-state index in [1.807, 2.05) is 17.0 Å². The Morgan fingerprint density at radius 2 is 2.21 bits per heavy atom. The Hall–Kier alpha value is -1.62. The van der Waals surface area contributed by atoms with Gasteiger partial charge in [-0.2, -0.15) is 0 Å². The molecule has 0 saturated carbocycles. The molecule has 0 radical (unpaired) electrons. The Kier molecular flexibility index (Phi) is 4.04. The third kappa shape index (κ3) is 2.87. The molecule has 4 nitrogen and oxygen atoms in total. The molecule has 1 aromatic rings. The van der Waals surface area contributed by atoms with Gasteiger partial charge in [-0.15, -0.1) is 0 Å². The van der Waals surface area contributed by atoms with Crippen molar-refractivity contribution in [1.82, 2.24) is 4.90 Å². The average molecular weight is 265 g/mol. The molecule has 0 aromatic heterocycles. The number of aliphatic imine (C=N–C) groups is 1. The van der Waals surface area contributed by atoms with Gasteiger partial charge in [-0.25, -0.2) is 4.39 Å². The predicted octanol–water partition coefficient (Wildman–Crippen LogP) is 1.40. The smallest absolute Gasteiger partial charge is 0.191 e. The Morgan fingerprint density at radius 1 is 1.47 bits per heavy atom. The van der Waals surface area contributed by atoms with Crippen molar-refractivity contribution in [3.05, 3.63) is 35.6 Å². The van der Waals surface area contributed by atoms with Crippen LogP contribution in [0.4, 0.5) is 4.39 Å². The summed E-state index contributed by atoms with van der Waals surface area (Å²) < 4.78 is 18.9. The van der Waals surface area contributed by atoms with Gasteiger partial charge in [0.15, 0.2) is 5.96 Å². The van der Waals surface area contributed by atoms with E-state index < -0.39 is 0 Å². The highest BCUT2D eigenvalue weighted by Crippen LogP contribution is 2.26. The van der Waals surface area contributed by atoms with E-state index in [0.29, 0.717) is 37.6 Å². The van der Waals surface area contributed by atoms with E-state index in [1.165, 1.54) is 6.07 Å². The first-order chi connectivity index (χ1) is 9.07. The monoisotopic (exact) mass is 265 g/mol. The average Bonchev–Trinajstić information content (AvgIpc) is 2.66. The minimum absolute atomic E-state index is 0.180. The van der Waals surface area contributed by atoms with Crippen LogP contribution in [0.15, 0.2) is 29.3 Å². The first kappa shape index (κ1) is 13.8. The zero-order chi connectivity index (χ0) is 13.9. The number of nitrogens with two attached hydrogens (primary N) is 1. The highest BCUT2D eigenvalue weighted by atomic mass is 19.1. The Bertz CT molecular complexity index is 478. The predicted molar refractivity (Wildman–Crippen MR) is 73.6 cm³/mol. The maximum absolute atomic E-state index is 13.8. The summed E-state index contributed by atoms with van der Waals surface area (Å²) >= 11 is 0. The molecule has 1 unspecified atom stereocenters. The van der Waals surface area contributed by atoms with Gasteiger partial charge < -0.3 is 15.4 Å². The van der Waals surface area contributed by atoms with Crippen molar-refractivity contribution in [2.45, 2.75) is 18.9 Å². The summed E-state index contributed by atoms with van der Waals surface area (Å²) in [6, 6.07) is 6.84. The molecular weight excluding hydrogens is 245 g/mol. The van der Waals surface area contributed by atoms with Crippen molar-refractivity contribution in [2.75, 3.05) is 26.8 Å². The second-order valence-corrected chi connectivity index (χ2v) is 5.08. The third-order valence-corrected chi connectivity index (χ3v) is 3.56. The van der Waals surface area contributed by atoms with Gasteiger partial charge in [-0.3, -0.25) is 4.99 Å². The van der Waals surface area contributed by atoms with Crippen LogP contribution < -0.4 is 5.73 Å². The van der Waals surface area contributed by atoms with Crippen molar-refractivity contribution < 1.29 is 9.13 Å². The number of halogens is 1. The quantitative estimate of drug-likeness (QED) is 0.875. The number of benzene rings is 1. The summed E-state index contributed by atoms with van der Waals surface area (Å²) in [6.07, 6.45) is 0.577. The maximum Gasteiger partial charge on any atom is 0.191 e. The molecule has 0 aliphatic carbocycles. The number of nitrogens with zero attached hydrogens (tertiary/aromatic N) is 2. The van der Waals surface area contributed by atoms with E-state index in [-0.39, 0.29) is 11.4 Å². The Balaban J connectivity index is 2.15. The SMILES string of the molecule is COCCN1C(N)=NCC1(C)Cc1ccccc1F. The van der Waals surface area contributed by atoms with Crippen molar-refractivity contribution in [1.29, 1.82) is 0 Å². The number of rotatable bonds is 5. The van der Waals surface area contributed by atoms with Crippen LogP contribution in [-0.2, 0) is 11.2 Å². The summed E-state index contributed by atoms with van der Waals surface area (Å²) in [6.45, 7) is 3.87. The van der Waals surface area contributed by atoms with Crippen molar-refractivity contribution in [3.8, 4) is 0 Å². The van der Waals surface area contributed by atoms with Gasteiger partial charge in [0.05, 0.1) is 18.7 Å². The van der Waals surface area contributed by atoms with Gasteiger partial charge in [-0.1, -0.05) is 18.2 Å². The van der Waals surface area contributed by atoms with E-state index >= 15 is 0 Å². The number of methoxy groups -OCH3 is 1. The summed E-state index contributed by atoms with van der Waals surface area (Å²) in [5.41, 5.74) is 6.32. The van der Waals surface area contributed by atoms with Gasteiger partial charge in [-0.05, 0) is 18.6 Å². The van der Waals surface area contributed by atoms with Crippen LogP contribution in [0.5, 0.6) is 0 Å². The zero-order valence-electron chi connectivity index (χ0n) is 11.4. The fraction of sp³-hybridized carbons (Fsp3) is 0.500. The van der Waals surface area contributed by atoms with E-state index in [1.54, 1.807) is 13.2 Å². The highest BCUT2D eigenvalue weighted by molar-refractivity contribution is 5.81. The molecule has 1 heterocycles. The van der Waals surface area contributed by atoms with Gasteiger partial charge in [0.25, 0.3) is 0 Å². The molecule has 0 spiro atoms. The van der Waals surface area contributed by atoms with Gasteiger partial charge in [0.1, 0.15) is 5.82 Å². The second kappa shape index (κ2) is 5.57. The van der Waals surface area contributed by atoms with Crippen molar-refractivity contribution in [3.63, 3.8) is 0 Å². The molecule has 0 saturated heterocycles.